The van der Waals surface area contributed by atoms with Crippen molar-refractivity contribution in [2.24, 2.45) is 23.7 Å². The van der Waals surface area contributed by atoms with Crippen molar-refractivity contribution < 1.29 is 14.6 Å². The molecule has 0 amide bonds. The Morgan fingerprint density at radius 2 is 1.69 bits per heavy atom. The fourth-order valence-corrected chi connectivity index (χ4v) is 7.17. The first-order valence-corrected chi connectivity index (χ1v) is 13.0. The van der Waals surface area contributed by atoms with Gasteiger partial charge in [0.1, 0.15) is 11.9 Å². The second-order valence-corrected chi connectivity index (χ2v) is 11.2. The van der Waals surface area contributed by atoms with E-state index < -0.39 is 5.97 Å². The Bertz CT molecular complexity index is 821. The second kappa shape index (κ2) is 9.69. The summed E-state index contributed by atoms with van der Waals surface area (Å²) in [6.07, 6.45) is 8.18. The Morgan fingerprint density at radius 3 is 2.38 bits per heavy atom. The molecule has 2 aliphatic carbocycles. The first kappa shape index (κ1) is 22.8. The monoisotopic (exact) mass is 480 g/mol. The van der Waals surface area contributed by atoms with Gasteiger partial charge in [0.25, 0.3) is 0 Å². The Kier molecular flexibility index (Phi) is 6.90. The molecule has 4 atom stereocenters. The highest BCUT2D eigenvalue weighted by molar-refractivity contribution is 6.42. The van der Waals surface area contributed by atoms with E-state index in [4.69, 9.17) is 27.9 Å². The average molecular weight is 481 g/mol. The van der Waals surface area contributed by atoms with Crippen LogP contribution in [0.4, 0.5) is 0 Å². The number of piperidine rings is 2. The van der Waals surface area contributed by atoms with E-state index in [0.717, 1.165) is 70.1 Å². The summed E-state index contributed by atoms with van der Waals surface area (Å²) >= 11 is 12.1. The van der Waals surface area contributed by atoms with Gasteiger partial charge >= 0.3 is 5.97 Å². The van der Waals surface area contributed by atoms with Crippen LogP contribution in [0, 0.1) is 23.7 Å². The van der Waals surface area contributed by atoms with Gasteiger partial charge in [-0.2, -0.15) is 0 Å². The molecule has 32 heavy (non-hydrogen) atoms. The standard InChI is InChI=1S/C25H34Cl2N2O3/c26-21-4-3-20(14-22(21)27)32-19-7-9-28(10-8-19)15-16-5-11-29(12-6-16)24-18-2-1-17(13-18)23(24)25(30)31/h3-4,14,16-19,23-24H,1-2,5-13,15H2,(H,30,31)/t17?,18?,23-,24+/m1/s1. The number of aliphatic carboxylic acids is 1. The fraction of sp³-hybridized carbons (Fsp3) is 0.720. The third-order valence-corrected chi connectivity index (χ3v) is 9.21. The normalized spacial score (nSPS) is 32.4. The van der Waals surface area contributed by atoms with Crippen LogP contribution in [0.2, 0.25) is 10.0 Å². The molecule has 4 aliphatic rings. The van der Waals surface area contributed by atoms with Crippen LogP contribution >= 0.6 is 23.2 Å². The van der Waals surface area contributed by atoms with E-state index in [0.29, 0.717) is 27.9 Å². The number of fused-ring (bicyclic) bond motifs is 2. The maximum atomic E-state index is 11.9. The summed E-state index contributed by atoms with van der Waals surface area (Å²) in [6.45, 7) is 5.43. The van der Waals surface area contributed by atoms with Gasteiger partial charge in [0.2, 0.25) is 0 Å². The number of nitrogens with zero attached hydrogens (tertiary/aromatic N) is 2. The van der Waals surface area contributed by atoms with Crippen LogP contribution in [0.15, 0.2) is 18.2 Å². The third-order valence-electron chi connectivity index (χ3n) is 8.47. The molecule has 0 spiro atoms. The molecule has 0 aromatic heterocycles. The lowest BCUT2D eigenvalue weighted by atomic mass is 9.82. The number of carboxylic acids is 1. The van der Waals surface area contributed by atoms with Gasteiger partial charge in [0.15, 0.2) is 0 Å². The lowest BCUT2D eigenvalue weighted by molar-refractivity contribution is -0.146. The third kappa shape index (κ3) is 4.77. The molecule has 5 rings (SSSR count). The predicted octanol–water partition coefficient (Wildman–Crippen LogP) is 5.05. The van der Waals surface area contributed by atoms with Crippen molar-refractivity contribution >= 4 is 29.2 Å². The number of carboxylic acid groups (broad SMARTS) is 1. The predicted molar refractivity (Wildman–Crippen MR) is 127 cm³/mol. The van der Waals surface area contributed by atoms with Crippen molar-refractivity contribution in [3.05, 3.63) is 28.2 Å². The van der Waals surface area contributed by atoms with Gasteiger partial charge in [-0.05, 0) is 87.9 Å². The Labute approximate surface area is 201 Å². The Balaban J connectivity index is 1.06. The molecule has 2 saturated carbocycles. The Morgan fingerprint density at radius 1 is 0.969 bits per heavy atom. The van der Waals surface area contributed by atoms with Crippen molar-refractivity contribution in [2.75, 3.05) is 32.7 Å². The molecule has 1 aromatic rings. The summed E-state index contributed by atoms with van der Waals surface area (Å²) in [4.78, 5) is 17.0. The minimum Gasteiger partial charge on any atom is -0.490 e. The molecule has 2 unspecified atom stereocenters. The summed E-state index contributed by atoms with van der Waals surface area (Å²) in [7, 11) is 0. The summed E-state index contributed by atoms with van der Waals surface area (Å²) in [5.74, 6) is 1.88. The molecule has 2 aliphatic heterocycles. The van der Waals surface area contributed by atoms with Gasteiger partial charge in [-0.15, -0.1) is 0 Å². The van der Waals surface area contributed by atoms with E-state index in [1.165, 1.54) is 19.3 Å². The number of ether oxygens (including phenoxy) is 1. The van der Waals surface area contributed by atoms with E-state index in [1.54, 1.807) is 12.1 Å². The summed E-state index contributed by atoms with van der Waals surface area (Å²) in [5.41, 5.74) is 0. The van der Waals surface area contributed by atoms with Crippen LogP contribution in [0.5, 0.6) is 5.75 Å². The minimum absolute atomic E-state index is 0.125. The quantitative estimate of drug-likeness (QED) is 0.617. The number of hydrogen-bond acceptors (Lipinski definition) is 4. The van der Waals surface area contributed by atoms with Gasteiger partial charge in [0.05, 0.1) is 16.0 Å². The first-order valence-electron chi connectivity index (χ1n) is 12.3. The summed E-state index contributed by atoms with van der Waals surface area (Å²) < 4.78 is 6.13. The SMILES string of the molecule is O=C(O)[C@@H]1C2CCC(C2)[C@@H]1N1CCC(CN2CCC(Oc3ccc(Cl)c(Cl)c3)CC2)CC1. The molecular formula is C25H34Cl2N2O3. The average Bonchev–Trinajstić information content (AvgIpc) is 3.40. The van der Waals surface area contributed by atoms with E-state index >= 15 is 0 Å². The van der Waals surface area contributed by atoms with Crippen LogP contribution in [0.3, 0.4) is 0 Å². The highest BCUT2D eigenvalue weighted by Gasteiger charge is 2.53. The molecule has 1 N–H and O–H groups in total. The largest absolute Gasteiger partial charge is 0.490 e. The molecule has 2 heterocycles. The molecule has 2 bridgehead atoms. The number of hydrogen-bond donors (Lipinski definition) is 1. The van der Waals surface area contributed by atoms with E-state index in [-0.39, 0.29) is 12.0 Å². The number of rotatable bonds is 6. The van der Waals surface area contributed by atoms with Crippen molar-refractivity contribution in [3.8, 4) is 5.75 Å². The highest BCUT2D eigenvalue weighted by Crippen LogP contribution is 2.51. The van der Waals surface area contributed by atoms with Gasteiger partial charge in [-0.3, -0.25) is 9.69 Å². The van der Waals surface area contributed by atoms with E-state index in [1.807, 2.05) is 6.07 Å². The van der Waals surface area contributed by atoms with Gasteiger partial charge in [0, 0.05) is 31.7 Å². The van der Waals surface area contributed by atoms with E-state index in [9.17, 15) is 9.90 Å². The van der Waals surface area contributed by atoms with Crippen LogP contribution in [-0.2, 0) is 4.79 Å². The maximum Gasteiger partial charge on any atom is 0.308 e. The number of halogens is 2. The van der Waals surface area contributed by atoms with E-state index in [2.05, 4.69) is 9.80 Å². The topological polar surface area (TPSA) is 53.0 Å². The van der Waals surface area contributed by atoms with Gasteiger partial charge in [-0.1, -0.05) is 23.2 Å². The molecule has 2 saturated heterocycles. The lowest BCUT2D eigenvalue weighted by Gasteiger charge is -2.43. The van der Waals surface area contributed by atoms with Crippen molar-refractivity contribution in [2.45, 2.75) is 57.1 Å². The molecule has 5 nitrogen and oxygen atoms in total. The Hall–Kier alpha value is -1.01. The zero-order valence-corrected chi connectivity index (χ0v) is 20.1. The van der Waals surface area contributed by atoms with Gasteiger partial charge < -0.3 is 14.7 Å². The smallest absolute Gasteiger partial charge is 0.308 e. The zero-order valence-electron chi connectivity index (χ0n) is 18.6. The molecule has 4 fully saturated rings. The second-order valence-electron chi connectivity index (χ2n) is 10.4. The van der Waals surface area contributed by atoms with Crippen molar-refractivity contribution in [3.63, 3.8) is 0 Å². The highest BCUT2D eigenvalue weighted by atomic mass is 35.5. The van der Waals surface area contributed by atoms with Crippen LogP contribution in [0.25, 0.3) is 0 Å². The molecular weight excluding hydrogens is 447 g/mol. The maximum absolute atomic E-state index is 11.9. The van der Waals surface area contributed by atoms with Gasteiger partial charge in [-0.25, -0.2) is 0 Å². The number of likely N-dealkylation sites (tertiary alicyclic amines) is 2. The molecule has 0 radical (unpaired) electrons. The first-order chi connectivity index (χ1) is 15.5. The van der Waals surface area contributed by atoms with Crippen LogP contribution in [-0.4, -0.2) is 65.7 Å². The molecule has 7 heteroatoms. The zero-order chi connectivity index (χ0) is 22.2. The summed E-state index contributed by atoms with van der Waals surface area (Å²) in [5, 5.41) is 10.9. The lowest BCUT2D eigenvalue weighted by Crippen LogP contribution is -2.51. The fourth-order valence-electron chi connectivity index (χ4n) is 6.89. The molecule has 176 valence electrons. The summed E-state index contributed by atoms with van der Waals surface area (Å²) in [6, 6.07) is 5.77. The van der Waals surface area contributed by atoms with Crippen molar-refractivity contribution in [1.82, 2.24) is 9.80 Å². The van der Waals surface area contributed by atoms with Crippen LogP contribution in [0.1, 0.15) is 44.9 Å². The number of carbonyl (C=O) groups is 1. The van der Waals surface area contributed by atoms with Crippen LogP contribution < -0.4 is 4.74 Å². The number of benzene rings is 1. The van der Waals surface area contributed by atoms with Crippen molar-refractivity contribution in [1.29, 1.82) is 0 Å². The minimum atomic E-state index is -0.560. The molecule has 1 aromatic carbocycles.